The number of benzene rings is 2. The van der Waals surface area contributed by atoms with Crippen LogP contribution >= 0.6 is 12.4 Å². The molecular formula is C36H54ClN5O9S. The molecule has 3 atom stereocenters. The minimum atomic E-state index is -3.41. The Bertz CT molecular complexity index is 1620. The van der Waals surface area contributed by atoms with Crippen molar-refractivity contribution in [3.05, 3.63) is 65.2 Å². The number of carbonyl (C=O) groups excluding carboxylic acids is 5. The van der Waals surface area contributed by atoms with Gasteiger partial charge in [0.15, 0.2) is 0 Å². The van der Waals surface area contributed by atoms with E-state index < -0.39 is 58.1 Å². The number of halogens is 1. The molecule has 2 rings (SSSR count). The van der Waals surface area contributed by atoms with Crippen LogP contribution in [0.2, 0.25) is 0 Å². The Kier molecular flexibility index (Phi) is 19.0. The molecule has 2 aromatic carbocycles. The molecule has 0 bridgehead atoms. The summed E-state index contributed by atoms with van der Waals surface area (Å²) in [6.07, 6.45) is 2.47. The number of nitrogens with two attached hydrogens (primary N) is 2. The first-order valence-electron chi connectivity index (χ1n) is 16.9. The van der Waals surface area contributed by atoms with Crippen molar-refractivity contribution < 1.29 is 42.2 Å². The number of nitrogens with one attached hydrogen (secondary N) is 2. The third kappa shape index (κ3) is 16.1. The molecule has 2 aromatic rings. The maximum absolute atomic E-state index is 13.8. The minimum Gasteiger partial charge on any atom is -0.508 e. The lowest BCUT2D eigenvalue weighted by Crippen LogP contribution is -2.56. The molecule has 7 N–H and O–H groups in total. The summed E-state index contributed by atoms with van der Waals surface area (Å²) in [6, 6.07) is 10.3. The zero-order chi connectivity index (χ0) is 38.4. The van der Waals surface area contributed by atoms with Crippen LogP contribution in [0.3, 0.4) is 0 Å². The molecule has 0 saturated carbocycles. The molecule has 0 aliphatic carbocycles. The van der Waals surface area contributed by atoms with Gasteiger partial charge in [-0.3, -0.25) is 29.3 Å². The predicted molar refractivity (Wildman–Crippen MR) is 200 cm³/mol. The summed E-state index contributed by atoms with van der Waals surface area (Å²) in [6.45, 7) is 5.39. The fourth-order valence-electron chi connectivity index (χ4n) is 5.29. The van der Waals surface area contributed by atoms with E-state index in [1.165, 1.54) is 12.0 Å². The Balaban J connectivity index is 0.0000135. The summed E-state index contributed by atoms with van der Waals surface area (Å²) in [5.74, 6) is -3.55. The van der Waals surface area contributed by atoms with E-state index in [9.17, 15) is 37.5 Å². The van der Waals surface area contributed by atoms with E-state index in [2.05, 4.69) is 15.4 Å². The Morgan fingerprint density at radius 1 is 0.885 bits per heavy atom. The van der Waals surface area contributed by atoms with Crippen molar-refractivity contribution >= 4 is 51.8 Å². The highest BCUT2D eigenvalue weighted by atomic mass is 35.5. The third-order valence-electron chi connectivity index (χ3n) is 8.24. The summed E-state index contributed by atoms with van der Waals surface area (Å²) < 4.78 is 27.9. The SMILES string of the molecule is COC(=O)CCCCCN(C(=O)CNC(=O)[C@H](N)Cc1ccc(O)c(C(C)(C)C)c1)[C@@H](Cc1ccccc1)C(=O)NC(=O)C(N)CCS(C)(=O)=O.Cl. The minimum absolute atomic E-state index is 0. The van der Waals surface area contributed by atoms with Crippen LogP contribution in [-0.2, 0) is 56.8 Å². The van der Waals surface area contributed by atoms with E-state index in [-0.39, 0.29) is 67.5 Å². The van der Waals surface area contributed by atoms with Crippen LogP contribution in [-0.4, -0.2) is 98.4 Å². The van der Waals surface area contributed by atoms with Crippen molar-refractivity contribution in [2.24, 2.45) is 11.5 Å². The molecule has 0 aliphatic rings. The van der Waals surface area contributed by atoms with Crippen molar-refractivity contribution in [1.29, 1.82) is 0 Å². The highest BCUT2D eigenvalue weighted by Gasteiger charge is 2.32. The van der Waals surface area contributed by atoms with Gasteiger partial charge in [-0.15, -0.1) is 12.4 Å². The lowest BCUT2D eigenvalue weighted by molar-refractivity contribution is -0.143. The topological polar surface area (TPSA) is 228 Å². The number of imide groups is 1. The Morgan fingerprint density at radius 2 is 1.54 bits per heavy atom. The van der Waals surface area contributed by atoms with Crippen molar-refractivity contribution in [1.82, 2.24) is 15.5 Å². The number of aromatic hydroxyl groups is 1. The summed E-state index contributed by atoms with van der Waals surface area (Å²) in [4.78, 5) is 66.3. The Hall–Kier alpha value is -4.05. The average Bonchev–Trinajstić information content (AvgIpc) is 3.06. The molecule has 4 amide bonds. The van der Waals surface area contributed by atoms with Crippen molar-refractivity contribution in [2.75, 3.05) is 32.2 Å². The number of hydrogen-bond donors (Lipinski definition) is 5. The lowest BCUT2D eigenvalue weighted by atomic mass is 9.85. The van der Waals surface area contributed by atoms with Crippen LogP contribution < -0.4 is 22.1 Å². The van der Waals surface area contributed by atoms with Gasteiger partial charge in [-0.1, -0.05) is 69.7 Å². The predicted octanol–water partition coefficient (Wildman–Crippen LogP) is 1.68. The summed E-state index contributed by atoms with van der Waals surface area (Å²) >= 11 is 0. The second-order valence-electron chi connectivity index (χ2n) is 13.7. The first kappa shape index (κ1) is 46.0. The van der Waals surface area contributed by atoms with Crippen LogP contribution in [0.5, 0.6) is 5.75 Å². The molecule has 0 fully saturated rings. The molecule has 0 heterocycles. The van der Waals surface area contributed by atoms with Gasteiger partial charge >= 0.3 is 5.97 Å². The number of esters is 1. The molecule has 16 heteroatoms. The quantitative estimate of drug-likeness (QED) is 0.102. The van der Waals surface area contributed by atoms with Crippen molar-refractivity contribution in [3.63, 3.8) is 0 Å². The van der Waals surface area contributed by atoms with E-state index in [0.29, 0.717) is 30.4 Å². The second-order valence-corrected chi connectivity index (χ2v) is 15.9. The standard InChI is InChI=1S/C36H53N5O9S.ClH/c1-36(2,3)26-20-25(15-16-30(26)42)21-28(38)33(45)39-23-31(43)41(18-11-7-10-14-32(44)50-4)29(22-24-12-8-6-9-13-24)35(47)40-34(46)27(37)17-19-51(5,48)49;/h6,8-9,12-13,15-16,20,27-29,42H,7,10-11,14,17-19,21-23,37-38H2,1-5H3,(H,39,45)(H,40,46,47);1H/t27?,28-,29+;/m1./s1. The number of ether oxygens (including phenoxy) is 1. The van der Waals surface area contributed by atoms with Crippen LogP contribution in [0, 0.1) is 0 Å². The van der Waals surface area contributed by atoms with Gasteiger partial charge in [-0.25, -0.2) is 8.42 Å². The molecule has 52 heavy (non-hydrogen) atoms. The van der Waals surface area contributed by atoms with E-state index >= 15 is 0 Å². The highest BCUT2D eigenvalue weighted by molar-refractivity contribution is 7.90. The molecule has 1 unspecified atom stereocenters. The van der Waals surface area contributed by atoms with Crippen molar-refractivity contribution in [2.45, 2.75) is 89.3 Å². The number of rotatable bonds is 19. The molecule has 0 spiro atoms. The number of sulfone groups is 1. The van der Waals surface area contributed by atoms with Crippen molar-refractivity contribution in [3.8, 4) is 5.75 Å². The first-order chi connectivity index (χ1) is 23.8. The number of unbranched alkanes of at least 4 members (excludes halogenated alkanes) is 2. The Labute approximate surface area is 312 Å². The maximum atomic E-state index is 13.8. The monoisotopic (exact) mass is 767 g/mol. The summed E-state index contributed by atoms with van der Waals surface area (Å²) in [5.41, 5.74) is 13.9. The maximum Gasteiger partial charge on any atom is 0.305 e. The van der Waals surface area contributed by atoms with E-state index in [0.717, 1.165) is 11.8 Å². The van der Waals surface area contributed by atoms with Crippen LogP contribution in [0.1, 0.15) is 69.6 Å². The molecule has 14 nitrogen and oxygen atoms in total. The lowest BCUT2D eigenvalue weighted by Gasteiger charge is -2.31. The fourth-order valence-corrected chi connectivity index (χ4v) is 5.97. The largest absolute Gasteiger partial charge is 0.508 e. The van der Waals surface area contributed by atoms with E-state index in [4.69, 9.17) is 11.5 Å². The van der Waals surface area contributed by atoms with Gasteiger partial charge in [0.1, 0.15) is 21.6 Å². The summed E-state index contributed by atoms with van der Waals surface area (Å²) in [7, 11) is -2.12. The van der Waals surface area contributed by atoms with Gasteiger partial charge in [-0.05, 0) is 53.9 Å². The molecule has 0 radical (unpaired) electrons. The highest BCUT2D eigenvalue weighted by Crippen LogP contribution is 2.31. The normalized spacial score (nSPS) is 13.1. The average molecular weight is 768 g/mol. The number of phenols is 1. The smallest absolute Gasteiger partial charge is 0.305 e. The third-order valence-corrected chi connectivity index (χ3v) is 9.21. The first-order valence-corrected chi connectivity index (χ1v) is 18.9. The van der Waals surface area contributed by atoms with Crippen LogP contribution in [0.4, 0.5) is 0 Å². The Morgan fingerprint density at radius 3 is 2.13 bits per heavy atom. The van der Waals surface area contributed by atoms with Gasteiger partial charge in [0.25, 0.3) is 0 Å². The molecule has 0 aliphatic heterocycles. The number of hydrogen-bond acceptors (Lipinski definition) is 11. The van der Waals surface area contributed by atoms with E-state index in [1.54, 1.807) is 48.5 Å². The number of carbonyl (C=O) groups is 5. The van der Waals surface area contributed by atoms with Crippen LogP contribution in [0.25, 0.3) is 0 Å². The number of phenolic OH excluding ortho intramolecular Hbond substituents is 1. The molecule has 290 valence electrons. The summed E-state index contributed by atoms with van der Waals surface area (Å²) in [5, 5.41) is 15.1. The van der Waals surface area contributed by atoms with Gasteiger partial charge in [0.2, 0.25) is 23.6 Å². The number of amides is 4. The molecule has 0 saturated heterocycles. The fraction of sp³-hybridized carbons (Fsp3) is 0.528. The zero-order valence-corrected chi connectivity index (χ0v) is 32.2. The van der Waals surface area contributed by atoms with Gasteiger partial charge in [-0.2, -0.15) is 0 Å². The van der Waals surface area contributed by atoms with Gasteiger partial charge < -0.3 is 31.5 Å². The zero-order valence-electron chi connectivity index (χ0n) is 30.6. The molecular weight excluding hydrogens is 714 g/mol. The van der Waals surface area contributed by atoms with Gasteiger partial charge in [0, 0.05) is 25.6 Å². The molecule has 0 aromatic heterocycles. The van der Waals surface area contributed by atoms with Gasteiger partial charge in [0.05, 0.1) is 31.5 Å². The van der Waals surface area contributed by atoms with Crippen LogP contribution in [0.15, 0.2) is 48.5 Å². The second kappa shape index (κ2) is 21.5. The van der Waals surface area contributed by atoms with E-state index in [1.807, 2.05) is 20.8 Å². The number of nitrogens with zero attached hydrogens (tertiary/aromatic N) is 1. The number of methoxy groups -OCH3 is 1.